The van der Waals surface area contributed by atoms with Gasteiger partial charge in [-0.05, 0) is 37.3 Å². The smallest absolute Gasteiger partial charge is 0.314 e. The van der Waals surface area contributed by atoms with Gasteiger partial charge in [0.05, 0.1) is 23.8 Å². The lowest BCUT2D eigenvalue weighted by molar-refractivity contribution is -0.386. The van der Waals surface area contributed by atoms with E-state index in [0.29, 0.717) is 0 Å². The molecule has 1 atom stereocenters. The molecule has 0 unspecified atom stereocenters. The number of nitrogens with one attached hydrogen (secondary N) is 1. The molecule has 0 bridgehead atoms. The fourth-order valence-electron chi connectivity index (χ4n) is 1.94. The molecule has 0 aromatic heterocycles. The van der Waals surface area contributed by atoms with Gasteiger partial charge in [0.15, 0.2) is 11.9 Å². The number of nitro benzene ring substituents is 1. The summed E-state index contributed by atoms with van der Waals surface area (Å²) in [5.74, 6) is -1.21. The first-order chi connectivity index (χ1) is 11.8. The second-order valence-corrected chi connectivity index (χ2v) is 5.40. The van der Waals surface area contributed by atoms with E-state index in [4.69, 9.17) is 21.1 Å². The number of carbonyl (C=O) groups excluding carboxylic acids is 1. The highest BCUT2D eigenvalue weighted by Gasteiger charge is 2.22. The number of hydrogen-bond donors (Lipinski definition) is 1. The summed E-state index contributed by atoms with van der Waals surface area (Å²) < 4.78 is 24.0. The first-order valence-electron chi connectivity index (χ1n) is 7.07. The number of hydrogen-bond acceptors (Lipinski definition) is 5. The standard InChI is InChI=1S/C16H14ClFN2O5/c1-9(16(21)19-13-5-3-10(17)7-12(13)18)25-15-6-4-11(24-2)8-14(15)20(22)23/h3-9H,1-2H3,(H,19,21)/t9-/m1/s1. The molecule has 1 amide bonds. The van der Waals surface area contributed by atoms with Crippen LogP contribution in [0, 0.1) is 15.9 Å². The minimum absolute atomic E-state index is 0.0749. The lowest BCUT2D eigenvalue weighted by Gasteiger charge is -2.15. The Balaban J connectivity index is 2.14. The maximum Gasteiger partial charge on any atom is 0.314 e. The Labute approximate surface area is 147 Å². The van der Waals surface area contributed by atoms with Crippen LogP contribution >= 0.6 is 11.6 Å². The third kappa shape index (κ3) is 4.57. The van der Waals surface area contributed by atoms with Crippen molar-refractivity contribution < 1.29 is 23.6 Å². The summed E-state index contributed by atoms with van der Waals surface area (Å²) in [5, 5.41) is 13.6. The number of carbonyl (C=O) groups is 1. The third-order valence-corrected chi connectivity index (χ3v) is 3.46. The Morgan fingerprint density at radius 2 is 2.04 bits per heavy atom. The molecule has 0 heterocycles. The molecule has 7 nitrogen and oxygen atoms in total. The van der Waals surface area contributed by atoms with Gasteiger partial charge in [-0.25, -0.2) is 4.39 Å². The van der Waals surface area contributed by atoms with Crippen LogP contribution in [-0.2, 0) is 4.79 Å². The van der Waals surface area contributed by atoms with Crippen molar-refractivity contribution in [3.05, 3.63) is 57.4 Å². The normalized spacial score (nSPS) is 11.5. The van der Waals surface area contributed by atoms with Gasteiger partial charge < -0.3 is 14.8 Å². The predicted molar refractivity (Wildman–Crippen MR) is 89.8 cm³/mol. The van der Waals surface area contributed by atoms with Crippen LogP contribution in [0.5, 0.6) is 11.5 Å². The number of methoxy groups -OCH3 is 1. The molecule has 0 spiro atoms. The first-order valence-corrected chi connectivity index (χ1v) is 7.44. The Morgan fingerprint density at radius 1 is 1.32 bits per heavy atom. The number of amides is 1. The van der Waals surface area contributed by atoms with E-state index in [-0.39, 0.29) is 27.9 Å². The van der Waals surface area contributed by atoms with E-state index in [0.717, 1.165) is 6.07 Å². The van der Waals surface area contributed by atoms with Crippen LogP contribution in [0.25, 0.3) is 0 Å². The van der Waals surface area contributed by atoms with Crippen molar-refractivity contribution in [2.24, 2.45) is 0 Å². The van der Waals surface area contributed by atoms with Crippen molar-refractivity contribution >= 4 is 28.9 Å². The van der Waals surface area contributed by atoms with Crippen LogP contribution in [0.4, 0.5) is 15.8 Å². The lowest BCUT2D eigenvalue weighted by Crippen LogP contribution is -2.30. The SMILES string of the molecule is COc1ccc(O[C@H](C)C(=O)Nc2ccc(Cl)cc2F)c([N+](=O)[O-])c1. The molecule has 25 heavy (non-hydrogen) atoms. The molecule has 2 aromatic carbocycles. The molecule has 0 aliphatic heterocycles. The zero-order valence-electron chi connectivity index (χ0n) is 13.3. The maximum absolute atomic E-state index is 13.7. The van der Waals surface area contributed by atoms with Crippen molar-refractivity contribution in [3.8, 4) is 11.5 Å². The molecule has 0 fully saturated rings. The summed E-state index contributed by atoms with van der Waals surface area (Å²) in [7, 11) is 1.37. The highest BCUT2D eigenvalue weighted by atomic mass is 35.5. The summed E-state index contributed by atoms with van der Waals surface area (Å²) in [5.41, 5.74) is -0.425. The van der Waals surface area contributed by atoms with Crippen LogP contribution in [0.1, 0.15) is 6.92 Å². The van der Waals surface area contributed by atoms with Crippen LogP contribution in [-0.4, -0.2) is 24.0 Å². The van der Waals surface area contributed by atoms with Crippen LogP contribution in [0.2, 0.25) is 5.02 Å². The molecule has 0 saturated carbocycles. The molecule has 1 N–H and O–H groups in total. The fraction of sp³-hybridized carbons (Fsp3) is 0.188. The Kier molecular flexibility index (Phi) is 5.76. The highest BCUT2D eigenvalue weighted by molar-refractivity contribution is 6.30. The zero-order chi connectivity index (χ0) is 18.6. The van der Waals surface area contributed by atoms with Gasteiger partial charge in [-0.15, -0.1) is 0 Å². The monoisotopic (exact) mass is 368 g/mol. The van der Waals surface area contributed by atoms with Gasteiger partial charge in [0.1, 0.15) is 11.6 Å². The number of nitro groups is 1. The van der Waals surface area contributed by atoms with Gasteiger partial charge in [-0.2, -0.15) is 0 Å². The summed E-state index contributed by atoms with van der Waals surface area (Å²) in [6, 6.07) is 7.74. The van der Waals surface area contributed by atoms with Crippen molar-refractivity contribution in [2.75, 3.05) is 12.4 Å². The minimum atomic E-state index is -1.11. The topological polar surface area (TPSA) is 90.7 Å². The van der Waals surface area contributed by atoms with E-state index < -0.39 is 22.8 Å². The summed E-state index contributed by atoms with van der Waals surface area (Å²) in [6.45, 7) is 1.39. The van der Waals surface area contributed by atoms with E-state index in [1.165, 1.54) is 44.4 Å². The molecule has 2 aromatic rings. The maximum atomic E-state index is 13.7. The molecule has 0 saturated heterocycles. The van der Waals surface area contributed by atoms with Gasteiger partial charge >= 0.3 is 5.69 Å². The van der Waals surface area contributed by atoms with Gasteiger partial charge in [0, 0.05) is 5.02 Å². The van der Waals surface area contributed by atoms with E-state index in [1.807, 2.05) is 0 Å². The Bertz CT molecular complexity index is 815. The lowest BCUT2D eigenvalue weighted by atomic mass is 10.2. The first kappa shape index (κ1) is 18.5. The van der Waals surface area contributed by atoms with Crippen molar-refractivity contribution in [1.82, 2.24) is 0 Å². The number of nitrogens with zero attached hydrogens (tertiary/aromatic N) is 1. The average molecular weight is 369 g/mol. The molecule has 0 aliphatic carbocycles. The van der Waals surface area contributed by atoms with Crippen molar-refractivity contribution in [2.45, 2.75) is 13.0 Å². The van der Waals surface area contributed by atoms with Crippen LogP contribution < -0.4 is 14.8 Å². The fourth-order valence-corrected chi connectivity index (χ4v) is 2.09. The molecule has 0 aliphatic rings. The van der Waals surface area contributed by atoms with E-state index in [1.54, 1.807) is 0 Å². The van der Waals surface area contributed by atoms with Gasteiger partial charge in [0.2, 0.25) is 0 Å². The Morgan fingerprint density at radius 3 is 2.64 bits per heavy atom. The molecular weight excluding hydrogens is 355 g/mol. The molecule has 9 heteroatoms. The second-order valence-electron chi connectivity index (χ2n) is 4.96. The van der Waals surface area contributed by atoms with Gasteiger partial charge in [0.25, 0.3) is 5.91 Å². The van der Waals surface area contributed by atoms with E-state index in [9.17, 15) is 19.3 Å². The summed E-state index contributed by atoms with van der Waals surface area (Å²) in [4.78, 5) is 22.6. The average Bonchev–Trinajstić information content (AvgIpc) is 2.57. The highest BCUT2D eigenvalue weighted by Crippen LogP contribution is 2.32. The number of anilines is 1. The number of benzene rings is 2. The molecule has 132 valence electrons. The van der Waals surface area contributed by atoms with Gasteiger partial charge in [-0.3, -0.25) is 14.9 Å². The quantitative estimate of drug-likeness (QED) is 0.618. The van der Waals surface area contributed by atoms with Crippen molar-refractivity contribution in [3.63, 3.8) is 0 Å². The molecular formula is C16H14ClFN2O5. The number of halogens is 2. The predicted octanol–water partition coefficient (Wildman–Crippen LogP) is 3.80. The largest absolute Gasteiger partial charge is 0.496 e. The van der Waals surface area contributed by atoms with Gasteiger partial charge in [-0.1, -0.05) is 11.6 Å². The third-order valence-electron chi connectivity index (χ3n) is 3.22. The minimum Gasteiger partial charge on any atom is -0.496 e. The zero-order valence-corrected chi connectivity index (χ0v) is 14.0. The second kappa shape index (κ2) is 7.80. The molecule has 0 radical (unpaired) electrons. The molecule has 2 rings (SSSR count). The number of rotatable bonds is 6. The van der Waals surface area contributed by atoms with E-state index >= 15 is 0 Å². The Hall–Kier alpha value is -2.87. The summed E-state index contributed by atoms with van der Waals surface area (Å²) >= 11 is 5.64. The van der Waals surface area contributed by atoms with Crippen LogP contribution in [0.15, 0.2) is 36.4 Å². The van der Waals surface area contributed by atoms with E-state index in [2.05, 4.69) is 5.32 Å². The summed E-state index contributed by atoms with van der Waals surface area (Å²) in [6.07, 6.45) is -1.11. The number of ether oxygens (including phenoxy) is 2. The van der Waals surface area contributed by atoms with Crippen molar-refractivity contribution in [1.29, 1.82) is 0 Å². The van der Waals surface area contributed by atoms with Crippen LogP contribution in [0.3, 0.4) is 0 Å².